The molecule has 0 aliphatic heterocycles. The third-order valence-electron chi connectivity index (χ3n) is 7.98. The van der Waals surface area contributed by atoms with Gasteiger partial charge in [-0.25, -0.2) is 24.3 Å². The zero-order chi connectivity index (χ0) is 83.3. The zero-order valence-electron chi connectivity index (χ0n) is 72.5. The first-order valence-electron chi connectivity index (χ1n) is 36.7. The minimum Gasteiger partial charge on any atom is -0.470 e. The number of hydrogen-bond acceptors (Lipinski definition) is 18. The number of aryl methyl sites for hydroxylation is 13. The van der Waals surface area contributed by atoms with Crippen LogP contribution in [0.1, 0.15) is 246 Å². The summed E-state index contributed by atoms with van der Waals surface area (Å²) in [7, 11) is 1.89. The number of imidazole rings is 2. The Morgan fingerprint density at radius 2 is 1.02 bits per heavy atom. The molecule has 0 spiro atoms. The van der Waals surface area contributed by atoms with E-state index in [1.807, 2.05) is 328 Å². The van der Waals surface area contributed by atoms with Gasteiger partial charge in [-0.05, 0) is 142 Å². The second kappa shape index (κ2) is 121. The number of nitrogens with one attached hydrogen (secondary N) is 4. The van der Waals surface area contributed by atoms with Gasteiger partial charge < -0.3 is 32.7 Å². The van der Waals surface area contributed by atoms with E-state index < -0.39 is 0 Å². The van der Waals surface area contributed by atoms with Crippen LogP contribution in [0, 0.1) is 83.1 Å². The molecule has 598 valence electrons. The van der Waals surface area contributed by atoms with Crippen LogP contribution in [-0.2, 0) is 7.05 Å². The second-order valence-electron chi connectivity index (χ2n) is 15.2. The number of nitrogens with zero attached hydrogens (tertiary/aromatic N) is 11. The Balaban J connectivity index is -0.0000000764. The molecule has 0 aromatic carbocycles. The number of furan rings is 1. The third-order valence-corrected chi connectivity index (χ3v) is 10.8. The van der Waals surface area contributed by atoms with Crippen molar-refractivity contribution < 1.29 is 17.8 Å². The first kappa shape index (κ1) is 125. The Bertz CT molecular complexity index is 2230. The number of aromatic amines is 4. The van der Waals surface area contributed by atoms with Crippen LogP contribution in [0.4, 0.5) is 0 Å². The molecule has 13 rings (SSSR count). The Kier molecular flexibility index (Phi) is 147. The van der Waals surface area contributed by atoms with Gasteiger partial charge in [-0.1, -0.05) is 191 Å². The van der Waals surface area contributed by atoms with E-state index in [1.54, 1.807) is 133 Å². The Morgan fingerprint density at radius 3 is 1.14 bits per heavy atom. The molecule has 0 aliphatic rings. The van der Waals surface area contributed by atoms with E-state index in [2.05, 4.69) is 98.6 Å². The number of thiazole rings is 2. The first-order valence-corrected chi connectivity index (χ1v) is 40.1. The van der Waals surface area contributed by atoms with Crippen molar-refractivity contribution in [3.05, 3.63) is 248 Å². The van der Waals surface area contributed by atoms with Crippen molar-refractivity contribution in [3.8, 4) is 0 Å². The van der Waals surface area contributed by atoms with E-state index in [9.17, 15) is 0 Å². The van der Waals surface area contributed by atoms with Crippen LogP contribution in [0.15, 0.2) is 201 Å². The maximum Gasteiger partial charge on any atom is 0.190 e. The lowest BCUT2D eigenvalue weighted by molar-refractivity contribution is 0.397. The van der Waals surface area contributed by atoms with Crippen LogP contribution < -0.4 is 0 Å². The van der Waals surface area contributed by atoms with E-state index in [1.165, 1.54) is 38.3 Å². The van der Waals surface area contributed by atoms with Crippen molar-refractivity contribution in [1.29, 1.82) is 0 Å². The van der Waals surface area contributed by atoms with Crippen LogP contribution in [-0.4, -0.2) is 74.4 Å². The Morgan fingerprint density at radius 1 is 0.394 bits per heavy atom. The lowest BCUT2D eigenvalue weighted by atomic mass is 10.5. The van der Waals surface area contributed by atoms with E-state index in [4.69, 9.17) is 13.3 Å². The molecule has 0 bridgehead atoms. The van der Waals surface area contributed by atoms with Gasteiger partial charge in [0.15, 0.2) is 12.3 Å². The number of oxazole rings is 2. The van der Waals surface area contributed by atoms with E-state index in [0.717, 1.165) is 45.4 Å². The van der Waals surface area contributed by atoms with Crippen molar-refractivity contribution in [2.45, 2.75) is 263 Å². The van der Waals surface area contributed by atoms with Crippen molar-refractivity contribution in [1.82, 2.24) is 74.4 Å². The number of H-pyrrole nitrogens is 4. The highest BCUT2D eigenvalue weighted by molar-refractivity contribution is 7.10. The minimum atomic E-state index is 0.718. The summed E-state index contributed by atoms with van der Waals surface area (Å²) in [5.74, 6) is 4.37. The first-order chi connectivity index (χ1) is 50.6. The van der Waals surface area contributed by atoms with Crippen LogP contribution in [0.5, 0.6) is 0 Å². The van der Waals surface area contributed by atoms with Gasteiger partial charge in [0, 0.05) is 119 Å². The predicted octanol–water partition coefficient (Wildman–Crippen LogP) is 28.2. The molecule has 19 nitrogen and oxygen atoms in total. The highest BCUT2D eigenvalue weighted by atomic mass is 32.1. The normalized spacial score (nSPS) is 7.38. The molecule has 0 saturated carbocycles. The van der Waals surface area contributed by atoms with Gasteiger partial charge in [-0.15, -0.1) is 34.0 Å². The molecule has 104 heavy (non-hydrogen) atoms. The summed E-state index contributed by atoms with van der Waals surface area (Å²) < 4.78 is 24.5. The fourth-order valence-electron chi connectivity index (χ4n) is 4.19. The summed E-state index contributed by atoms with van der Waals surface area (Å²) in [4.78, 5) is 35.5. The highest BCUT2D eigenvalue weighted by Crippen LogP contribution is 2.04. The average molecular weight is 1530 g/mol. The smallest absolute Gasteiger partial charge is 0.190 e. The second-order valence-corrected chi connectivity index (χ2v) is 19.6. The summed E-state index contributed by atoms with van der Waals surface area (Å²) in [6, 6.07) is 19.6. The molecule has 4 N–H and O–H groups in total. The van der Waals surface area contributed by atoms with Gasteiger partial charge in [0.05, 0.1) is 41.7 Å². The molecule has 13 aromatic rings. The predicted molar refractivity (Wildman–Crippen MR) is 463 cm³/mol. The molecular formula is C81H151N15O4S4. The number of aromatic nitrogens is 15. The van der Waals surface area contributed by atoms with E-state index in [-0.39, 0.29) is 0 Å². The fraction of sp³-hybridized carbons (Fsp3) is 0.481. The fourth-order valence-corrected chi connectivity index (χ4v) is 5.98. The lowest BCUT2D eigenvalue weighted by Crippen LogP contribution is -1.83. The van der Waals surface area contributed by atoms with Gasteiger partial charge in [0.1, 0.15) is 29.4 Å². The topological polar surface area (TPSA) is 250 Å². The lowest BCUT2D eigenvalue weighted by Gasteiger charge is -1.77. The van der Waals surface area contributed by atoms with Gasteiger partial charge >= 0.3 is 0 Å². The number of hydrogen-bond donors (Lipinski definition) is 4. The van der Waals surface area contributed by atoms with Gasteiger partial charge in [0.2, 0.25) is 0 Å². The van der Waals surface area contributed by atoms with E-state index >= 15 is 0 Å². The molecule has 0 aliphatic carbocycles. The molecule has 13 aromatic heterocycles. The average Bonchev–Trinajstić information content (AvgIpc) is 4.52. The minimum absolute atomic E-state index is 0.718. The molecule has 0 saturated heterocycles. The van der Waals surface area contributed by atoms with Crippen LogP contribution >= 0.6 is 45.5 Å². The maximum absolute atomic E-state index is 4.83. The molecule has 0 atom stereocenters. The van der Waals surface area contributed by atoms with Crippen molar-refractivity contribution in [2.75, 3.05) is 0 Å². The largest absolute Gasteiger partial charge is 0.470 e. The van der Waals surface area contributed by atoms with Gasteiger partial charge in [-0.2, -0.15) is 10.2 Å². The summed E-state index contributed by atoms with van der Waals surface area (Å²) >= 11 is 6.64. The maximum atomic E-state index is 4.83. The Labute approximate surface area is 652 Å². The zero-order valence-corrected chi connectivity index (χ0v) is 75.8. The summed E-state index contributed by atoms with van der Waals surface area (Å²) in [6.07, 6.45) is 29.3. The highest BCUT2D eigenvalue weighted by Gasteiger charge is 1.82. The molecule has 0 radical (unpaired) electrons. The van der Waals surface area contributed by atoms with Gasteiger partial charge in [0.25, 0.3) is 0 Å². The molecule has 0 fully saturated rings. The molecule has 0 amide bonds. The summed E-state index contributed by atoms with van der Waals surface area (Å²) in [5, 5.41) is 18.9. The Hall–Kier alpha value is -8.38. The molecule has 23 heteroatoms. The summed E-state index contributed by atoms with van der Waals surface area (Å²) in [6.45, 7) is 75.5. The third kappa shape index (κ3) is 118. The molecule has 0 unspecified atom stereocenters. The SMILES string of the molecule is CC.CC.CC.CC.CC.CC.CC.CC.CC.CC.CC.CC.CC.Cc1ccc[nH]1.Cc1ccco1.Cc1cccs1.Cc1ccn[nH]1.Cc1ccno1.Cc1ccns1.Cc1cnc[nH]1.Cc1cnco1.Cc1cncs1.Cc1ncc[nH]1.Cc1ncco1.Cc1nccs1.Cn1cccn1. The van der Waals surface area contributed by atoms with Crippen molar-refractivity contribution in [2.24, 2.45) is 7.05 Å². The van der Waals surface area contributed by atoms with Crippen molar-refractivity contribution >= 4 is 45.5 Å². The molecular weight excluding hydrogens is 1380 g/mol. The monoisotopic (exact) mass is 1530 g/mol. The number of rotatable bonds is 0. The van der Waals surface area contributed by atoms with Crippen LogP contribution in [0.2, 0.25) is 0 Å². The quantitative estimate of drug-likeness (QED) is 0.110. The van der Waals surface area contributed by atoms with Gasteiger partial charge in [-0.3, -0.25) is 19.7 Å². The van der Waals surface area contributed by atoms with Crippen LogP contribution in [0.3, 0.4) is 0 Å². The number of thiophene rings is 1. The molecule has 13 heterocycles. The van der Waals surface area contributed by atoms with E-state index in [0.29, 0.717) is 0 Å². The standard InChI is InChI=1S/C5H7N.C5H6O.C5H6S.4C4H6N2.3C4H5NO.3C4H5NS.13C2H6/c3*1-5-3-2-4-6-5;1-4-2-5-3-6-4;1-6-4-2-3-5-6;1-4-5-2-3-6-4;1-4-2-3-5-6-4;1-4-2-5-3-6-4;1-4-5-2-3-6-4;1-4-2-3-5-6-4;1-4-2-5-3-6-4;1-4-5-2-3-6-4;1-4-2-3-5-6-4;13*1-2/h2-4,6H,1H3;2*2-4H,1H3;2-3H,1H3,(H,5,6);2-4H,1H3;2*2-3H,1H3,(H,5,6);6*2-3H,1H3;13*1-2H3. The van der Waals surface area contributed by atoms with Crippen molar-refractivity contribution in [3.63, 3.8) is 0 Å². The van der Waals surface area contributed by atoms with Crippen LogP contribution in [0.25, 0.3) is 0 Å². The summed E-state index contributed by atoms with van der Waals surface area (Å²) in [5.41, 5.74) is 5.26.